The van der Waals surface area contributed by atoms with E-state index < -0.39 is 0 Å². The van der Waals surface area contributed by atoms with Gasteiger partial charge in [0.1, 0.15) is 0 Å². The normalized spacial score (nSPS) is 23.4. The Hall–Kier alpha value is -0.160. The predicted molar refractivity (Wildman–Crippen MR) is 61.0 cm³/mol. The average Bonchev–Trinajstić information content (AvgIpc) is 2.48. The Balaban J connectivity index is 2.47. The Morgan fingerprint density at radius 1 is 1.40 bits per heavy atom. The summed E-state index contributed by atoms with van der Waals surface area (Å²) in [5, 5.41) is 12.8. The number of aliphatic hydroxyl groups excluding tert-OH is 1. The van der Waals surface area contributed by atoms with Crippen LogP contribution in [0.1, 0.15) is 13.3 Å². The predicted octanol–water partition coefficient (Wildman–Crippen LogP) is -0.0749. The number of ether oxygens (including phenoxy) is 1. The highest BCUT2D eigenvalue weighted by Gasteiger charge is 2.24. The molecule has 1 saturated heterocycles. The Morgan fingerprint density at radius 2 is 2.20 bits per heavy atom. The van der Waals surface area contributed by atoms with Crippen molar-refractivity contribution in [3.05, 3.63) is 0 Å². The Bertz CT molecular complexity index is 159. The molecule has 2 atom stereocenters. The van der Waals surface area contributed by atoms with E-state index in [0.29, 0.717) is 5.92 Å². The van der Waals surface area contributed by atoms with Crippen molar-refractivity contribution >= 4 is 0 Å². The first-order valence-corrected chi connectivity index (χ1v) is 5.84. The van der Waals surface area contributed by atoms with Gasteiger partial charge in [-0.05, 0) is 25.4 Å². The lowest BCUT2D eigenvalue weighted by Crippen LogP contribution is -2.45. The van der Waals surface area contributed by atoms with E-state index in [4.69, 9.17) is 4.74 Å². The minimum absolute atomic E-state index is 0.227. The van der Waals surface area contributed by atoms with E-state index in [9.17, 15) is 5.11 Å². The first-order chi connectivity index (χ1) is 7.29. The Kier molecular flexibility index (Phi) is 6.17. The number of aliphatic hydroxyl groups is 1. The summed E-state index contributed by atoms with van der Waals surface area (Å²) in [7, 11) is 1.72. The summed E-state index contributed by atoms with van der Waals surface area (Å²) in [5.41, 5.74) is 0. The molecule has 1 rings (SSSR count). The van der Waals surface area contributed by atoms with Gasteiger partial charge < -0.3 is 15.2 Å². The molecular formula is C11H24N2O2. The second-order valence-electron chi connectivity index (χ2n) is 4.32. The van der Waals surface area contributed by atoms with E-state index in [0.717, 1.165) is 39.2 Å². The second kappa shape index (κ2) is 7.17. The lowest BCUT2D eigenvalue weighted by atomic mass is 10.0. The number of hydrogen-bond acceptors (Lipinski definition) is 4. The minimum Gasteiger partial charge on any atom is -0.395 e. The van der Waals surface area contributed by atoms with Gasteiger partial charge in [-0.25, -0.2) is 0 Å². The third-order valence-corrected chi connectivity index (χ3v) is 3.12. The molecule has 1 aliphatic rings. The van der Waals surface area contributed by atoms with E-state index in [2.05, 4.69) is 17.1 Å². The summed E-state index contributed by atoms with van der Waals surface area (Å²) < 4.78 is 5.16. The molecule has 2 unspecified atom stereocenters. The summed E-state index contributed by atoms with van der Waals surface area (Å²) in [6, 6.07) is 0.241. The van der Waals surface area contributed by atoms with Crippen LogP contribution in [0, 0.1) is 5.92 Å². The molecule has 90 valence electrons. The highest BCUT2D eigenvalue weighted by atomic mass is 16.5. The molecule has 0 aromatic carbocycles. The molecule has 0 spiro atoms. The molecule has 0 saturated carbocycles. The molecule has 1 fully saturated rings. The Morgan fingerprint density at radius 3 is 2.87 bits per heavy atom. The monoisotopic (exact) mass is 216 g/mol. The quantitative estimate of drug-likeness (QED) is 0.675. The molecule has 15 heavy (non-hydrogen) atoms. The van der Waals surface area contributed by atoms with Crippen LogP contribution in [0.15, 0.2) is 0 Å². The van der Waals surface area contributed by atoms with Gasteiger partial charge in [-0.2, -0.15) is 0 Å². The maximum Gasteiger partial charge on any atom is 0.0590 e. The zero-order valence-corrected chi connectivity index (χ0v) is 9.91. The summed E-state index contributed by atoms with van der Waals surface area (Å²) in [5.74, 6) is 0.387. The van der Waals surface area contributed by atoms with Gasteiger partial charge in [0.15, 0.2) is 0 Å². The highest BCUT2D eigenvalue weighted by Crippen LogP contribution is 2.12. The van der Waals surface area contributed by atoms with Crippen LogP contribution in [0.2, 0.25) is 0 Å². The molecule has 0 aromatic heterocycles. The van der Waals surface area contributed by atoms with Crippen LogP contribution in [-0.4, -0.2) is 62.6 Å². The van der Waals surface area contributed by atoms with Gasteiger partial charge in [0.25, 0.3) is 0 Å². The van der Waals surface area contributed by atoms with Crippen LogP contribution in [0.4, 0.5) is 0 Å². The topological polar surface area (TPSA) is 44.7 Å². The van der Waals surface area contributed by atoms with Crippen molar-refractivity contribution in [3.63, 3.8) is 0 Å². The van der Waals surface area contributed by atoms with Gasteiger partial charge in [-0.1, -0.05) is 6.92 Å². The zero-order chi connectivity index (χ0) is 11.1. The van der Waals surface area contributed by atoms with Gasteiger partial charge in [0.05, 0.1) is 13.2 Å². The molecule has 1 heterocycles. The van der Waals surface area contributed by atoms with Crippen molar-refractivity contribution in [3.8, 4) is 0 Å². The zero-order valence-electron chi connectivity index (χ0n) is 9.91. The lowest BCUT2D eigenvalue weighted by Gasteiger charge is -2.33. The smallest absolute Gasteiger partial charge is 0.0590 e. The van der Waals surface area contributed by atoms with Crippen LogP contribution in [0.5, 0.6) is 0 Å². The van der Waals surface area contributed by atoms with Gasteiger partial charge in [0, 0.05) is 26.2 Å². The first kappa shape index (κ1) is 12.9. The maximum absolute atomic E-state index is 9.45. The van der Waals surface area contributed by atoms with Gasteiger partial charge in [0.2, 0.25) is 0 Å². The van der Waals surface area contributed by atoms with Gasteiger partial charge >= 0.3 is 0 Å². The fourth-order valence-electron chi connectivity index (χ4n) is 2.23. The standard InChI is InChI=1S/C11H24N2O2/c1-10(9-15-2)11(8-14)13-6-3-4-12-5-7-13/h10-12,14H,3-9H2,1-2H3. The van der Waals surface area contributed by atoms with Crippen molar-refractivity contribution < 1.29 is 9.84 Å². The molecule has 0 aromatic rings. The third kappa shape index (κ3) is 4.07. The van der Waals surface area contributed by atoms with E-state index in [1.54, 1.807) is 7.11 Å². The van der Waals surface area contributed by atoms with E-state index >= 15 is 0 Å². The van der Waals surface area contributed by atoms with E-state index in [-0.39, 0.29) is 12.6 Å². The largest absolute Gasteiger partial charge is 0.395 e. The SMILES string of the molecule is COCC(C)C(CO)N1CCCNCC1. The van der Waals surface area contributed by atoms with Crippen molar-refractivity contribution in [2.75, 3.05) is 46.5 Å². The molecule has 0 aliphatic carbocycles. The van der Waals surface area contributed by atoms with Crippen LogP contribution < -0.4 is 5.32 Å². The summed E-state index contributed by atoms with van der Waals surface area (Å²) >= 11 is 0. The lowest BCUT2D eigenvalue weighted by molar-refractivity contribution is 0.0498. The third-order valence-electron chi connectivity index (χ3n) is 3.12. The number of hydrogen-bond donors (Lipinski definition) is 2. The van der Waals surface area contributed by atoms with Crippen LogP contribution in [-0.2, 0) is 4.74 Å². The molecule has 0 radical (unpaired) electrons. The molecular weight excluding hydrogens is 192 g/mol. The molecule has 0 bridgehead atoms. The number of rotatable bonds is 5. The number of nitrogens with zero attached hydrogens (tertiary/aromatic N) is 1. The molecule has 4 heteroatoms. The molecule has 0 amide bonds. The minimum atomic E-state index is 0.227. The molecule has 1 aliphatic heterocycles. The second-order valence-corrected chi connectivity index (χ2v) is 4.32. The maximum atomic E-state index is 9.45. The van der Waals surface area contributed by atoms with Crippen molar-refractivity contribution in [1.29, 1.82) is 0 Å². The van der Waals surface area contributed by atoms with E-state index in [1.165, 1.54) is 0 Å². The van der Waals surface area contributed by atoms with Crippen molar-refractivity contribution in [2.45, 2.75) is 19.4 Å². The molecule has 4 nitrogen and oxygen atoms in total. The number of nitrogens with one attached hydrogen (secondary N) is 1. The first-order valence-electron chi connectivity index (χ1n) is 5.84. The Labute approximate surface area is 92.6 Å². The van der Waals surface area contributed by atoms with E-state index in [1.807, 2.05) is 0 Å². The summed E-state index contributed by atoms with van der Waals surface area (Å²) in [4.78, 5) is 2.38. The van der Waals surface area contributed by atoms with Crippen LogP contribution in [0.3, 0.4) is 0 Å². The van der Waals surface area contributed by atoms with Crippen LogP contribution >= 0.6 is 0 Å². The number of methoxy groups -OCH3 is 1. The van der Waals surface area contributed by atoms with Gasteiger partial charge in [-0.15, -0.1) is 0 Å². The summed E-state index contributed by atoms with van der Waals surface area (Å²) in [6.45, 7) is 7.30. The van der Waals surface area contributed by atoms with Gasteiger partial charge in [-0.3, -0.25) is 4.90 Å². The highest BCUT2D eigenvalue weighted by molar-refractivity contribution is 4.78. The summed E-state index contributed by atoms with van der Waals surface area (Å²) in [6.07, 6.45) is 1.16. The van der Waals surface area contributed by atoms with Crippen molar-refractivity contribution in [1.82, 2.24) is 10.2 Å². The average molecular weight is 216 g/mol. The van der Waals surface area contributed by atoms with Crippen LogP contribution in [0.25, 0.3) is 0 Å². The fraction of sp³-hybridized carbons (Fsp3) is 1.00. The fourth-order valence-corrected chi connectivity index (χ4v) is 2.23. The van der Waals surface area contributed by atoms with Crippen molar-refractivity contribution in [2.24, 2.45) is 5.92 Å². The molecule has 2 N–H and O–H groups in total.